The second-order valence-electron chi connectivity index (χ2n) is 8.16. The first kappa shape index (κ1) is 25.2. The van der Waals surface area contributed by atoms with Gasteiger partial charge in [-0.2, -0.15) is 0 Å². The van der Waals surface area contributed by atoms with Crippen molar-refractivity contribution in [3.05, 3.63) is 47.5 Å². The number of carbonyl (C=O) groups is 2. The van der Waals surface area contributed by atoms with Gasteiger partial charge < -0.3 is 28.7 Å². The average molecular weight is 471 g/mol. The van der Waals surface area contributed by atoms with Crippen LogP contribution < -0.4 is 18.9 Å². The van der Waals surface area contributed by atoms with Gasteiger partial charge in [0.15, 0.2) is 18.1 Å². The third kappa shape index (κ3) is 6.34. The minimum absolute atomic E-state index is 0.0320. The van der Waals surface area contributed by atoms with E-state index in [4.69, 9.17) is 18.9 Å². The summed E-state index contributed by atoms with van der Waals surface area (Å²) < 4.78 is 22.2. The van der Waals surface area contributed by atoms with Crippen molar-refractivity contribution < 1.29 is 28.5 Å². The van der Waals surface area contributed by atoms with Gasteiger partial charge in [-0.1, -0.05) is 0 Å². The smallest absolute Gasteiger partial charge is 0.260 e. The Kier molecular flexibility index (Phi) is 9.01. The van der Waals surface area contributed by atoms with Crippen LogP contribution in [-0.4, -0.2) is 69.2 Å². The van der Waals surface area contributed by atoms with Gasteiger partial charge in [0.2, 0.25) is 0 Å². The number of carbonyl (C=O) groups excluding carboxylic acids is 2. The normalized spacial score (nSPS) is 13.2. The second kappa shape index (κ2) is 12.2. The number of methoxy groups -OCH3 is 2. The monoisotopic (exact) mass is 470 g/mol. The topological polar surface area (TPSA) is 77.5 Å². The van der Waals surface area contributed by atoms with Crippen molar-refractivity contribution in [3.8, 4) is 23.0 Å². The van der Waals surface area contributed by atoms with Crippen LogP contribution in [0.3, 0.4) is 0 Å². The lowest BCUT2D eigenvalue weighted by molar-refractivity contribution is -0.134. The zero-order chi connectivity index (χ0) is 24.5. The van der Waals surface area contributed by atoms with Crippen LogP contribution in [0.5, 0.6) is 23.0 Å². The predicted octanol–water partition coefficient (Wildman–Crippen LogP) is 3.77. The Bertz CT molecular complexity index is 987. The zero-order valence-electron chi connectivity index (χ0n) is 20.5. The van der Waals surface area contributed by atoms with Crippen LogP contribution in [-0.2, 0) is 11.3 Å². The van der Waals surface area contributed by atoms with E-state index in [9.17, 15) is 9.59 Å². The minimum Gasteiger partial charge on any atom is -0.497 e. The summed E-state index contributed by atoms with van der Waals surface area (Å²) in [5.74, 6) is 2.02. The Morgan fingerprint density at radius 1 is 0.912 bits per heavy atom. The fourth-order valence-corrected chi connectivity index (χ4v) is 3.93. The maximum atomic E-state index is 13.1. The molecule has 184 valence electrons. The Hall–Kier alpha value is -3.42. The van der Waals surface area contributed by atoms with Gasteiger partial charge in [0.25, 0.3) is 11.8 Å². The van der Waals surface area contributed by atoms with Crippen LogP contribution in [0, 0.1) is 0 Å². The molecule has 0 unspecified atom stereocenters. The fourth-order valence-electron chi connectivity index (χ4n) is 3.93. The van der Waals surface area contributed by atoms with Gasteiger partial charge in [-0.3, -0.25) is 9.59 Å². The van der Waals surface area contributed by atoms with Gasteiger partial charge in [-0.15, -0.1) is 0 Å². The van der Waals surface area contributed by atoms with E-state index in [2.05, 4.69) is 0 Å². The molecular formula is C26H34N2O6. The standard InChI is InChI=1S/C26H34N2O6/c1-5-33-24-15-19(10-12-22(24)34-18-25(29)28-13-7-6-8-14-28)26(30)27(2)17-20-9-11-21(31-3)16-23(20)32-4/h9-12,15-16H,5-8,13-14,17-18H2,1-4H3. The zero-order valence-corrected chi connectivity index (χ0v) is 20.5. The molecule has 0 bridgehead atoms. The Balaban J connectivity index is 1.69. The van der Waals surface area contributed by atoms with Crippen molar-refractivity contribution in [2.45, 2.75) is 32.7 Å². The number of ether oxygens (including phenoxy) is 4. The average Bonchev–Trinajstić information content (AvgIpc) is 2.88. The van der Waals surface area contributed by atoms with E-state index in [1.165, 1.54) is 0 Å². The molecule has 0 N–H and O–H groups in total. The lowest BCUT2D eigenvalue weighted by Gasteiger charge is -2.26. The molecule has 8 heteroatoms. The van der Waals surface area contributed by atoms with Crippen molar-refractivity contribution in [1.29, 1.82) is 0 Å². The molecule has 1 fully saturated rings. The van der Waals surface area contributed by atoms with Crippen LogP contribution in [0.25, 0.3) is 0 Å². The molecule has 0 aromatic heterocycles. The quantitative estimate of drug-likeness (QED) is 0.526. The van der Waals surface area contributed by atoms with E-state index in [-0.39, 0.29) is 18.4 Å². The summed E-state index contributed by atoms with van der Waals surface area (Å²) in [5, 5.41) is 0. The molecule has 34 heavy (non-hydrogen) atoms. The van der Waals surface area contributed by atoms with Crippen molar-refractivity contribution in [1.82, 2.24) is 9.80 Å². The molecule has 0 radical (unpaired) electrons. The number of hydrogen-bond donors (Lipinski definition) is 0. The molecule has 1 heterocycles. The Labute approximate surface area is 201 Å². The number of rotatable bonds is 10. The summed E-state index contributed by atoms with van der Waals surface area (Å²) in [6, 6.07) is 10.5. The Morgan fingerprint density at radius 3 is 2.35 bits per heavy atom. The molecule has 2 amide bonds. The van der Waals surface area contributed by atoms with E-state index in [0.717, 1.165) is 37.9 Å². The first-order valence-electron chi connectivity index (χ1n) is 11.6. The predicted molar refractivity (Wildman–Crippen MR) is 129 cm³/mol. The van der Waals surface area contributed by atoms with Crippen LogP contribution in [0.15, 0.2) is 36.4 Å². The molecule has 0 aliphatic carbocycles. The van der Waals surface area contributed by atoms with E-state index in [0.29, 0.717) is 41.7 Å². The number of hydrogen-bond acceptors (Lipinski definition) is 6. The maximum absolute atomic E-state index is 13.1. The minimum atomic E-state index is -0.172. The van der Waals surface area contributed by atoms with Gasteiger partial charge in [0.1, 0.15) is 11.5 Å². The largest absolute Gasteiger partial charge is 0.497 e. The van der Waals surface area contributed by atoms with Crippen LogP contribution >= 0.6 is 0 Å². The molecule has 1 aliphatic rings. The van der Waals surface area contributed by atoms with E-state index >= 15 is 0 Å². The lowest BCUT2D eigenvalue weighted by Crippen LogP contribution is -2.38. The van der Waals surface area contributed by atoms with Crippen molar-refractivity contribution in [2.75, 3.05) is 47.6 Å². The molecule has 2 aromatic rings. The second-order valence-corrected chi connectivity index (χ2v) is 8.16. The lowest BCUT2D eigenvalue weighted by atomic mass is 10.1. The fraction of sp³-hybridized carbons (Fsp3) is 0.462. The summed E-state index contributed by atoms with van der Waals surface area (Å²) in [6.07, 6.45) is 3.22. The molecule has 0 spiro atoms. The molecule has 1 aliphatic heterocycles. The number of piperidine rings is 1. The summed E-state index contributed by atoms with van der Waals surface area (Å²) in [6.45, 7) is 4.13. The summed E-state index contributed by atoms with van der Waals surface area (Å²) in [7, 11) is 4.91. The van der Waals surface area contributed by atoms with Gasteiger partial charge in [0.05, 0.1) is 20.8 Å². The summed E-state index contributed by atoms with van der Waals surface area (Å²) in [5.41, 5.74) is 1.33. The van der Waals surface area contributed by atoms with Crippen molar-refractivity contribution >= 4 is 11.8 Å². The van der Waals surface area contributed by atoms with Gasteiger partial charge in [-0.25, -0.2) is 0 Å². The highest BCUT2D eigenvalue weighted by atomic mass is 16.5. The van der Waals surface area contributed by atoms with E-state index in [1.54, 1.807) is 50.4 Å². The van der Waals surface area contributed by atoms with Crippen LogP contribution in [0.2, 0.25) is 0 Å². The number of benzene rings is 2. The Morgan fingerprint density at radius 2 is 1.68 bits per heavy atom. The molecule has 0 saturated carbocycles. The highest BCUT2D eigenvalue weighted by Gasteiger charge is 2.20. The SMILES string of the molecule is CCOc1cc(C(=O)N(C)Cc2ccc(OC)cc2OC)ccc1OCC(=O)N1CCCCC1. The van der Waals surface area contributed by atoms with Gasteiger partial charge in [0, 0.05) is 43.9 Å². The number of likely N-dealkylation sites (tertiary alicyclic amines) is 1. The van der Waals surface area contributed by atoms with Crippen LogP contribution in [0.4, 0.5) is 0 Å². The van der Waals surface area contributed by atoms with Crippen molar-refractivity contribution in [3.63, 3.8) is 0 Å². The summed E-state index contributed by atoms with van der Waals surface area (Å²) >= 11 is 0. The summed E-state index contributed by atoms with van der Waals surface area (Å²) in [4.78, 5) is 29.0. The van der Waals surface area contributed by atoms with Gasteiger partial charge in [-0.05, 0) is 56.5 Å². The highest BCUT2D eigenvalue weighted by Crippen LogP contribution is 2.30. The van der Waals surface area contributed by atoms with Gasteiger partial charge >= 0.3 is 0 Å². The third-order valence-corrected chi connectivity index (χ3v) is 5.80. The van der Waals surface area contributed by atoms with Crippen LogP contribution in [0.1, 0.15) is 42.1 Å². The maximum Gasteiger partial charge on any atom is 0.260 e. The van der Waals surface area contributed by atoms with Crippen molar-refractivity contribution in [2.24, 2.45) is 0 Å². The number of nitrogens with zero attached hydrogens (tertiary/aromatic N) is 2. The number of amides is 2. The molecule has 0 atom stereocenters. The first-order valence-corrected chi connectivity index (χ1v) is 11.6. The highest BCUT2D eigenvalue weighted by molar-refractivity contribution is 5.94. The molecule has 3 rings (SSSR count). The van der Waals surface area contributed by atoms with E-state index < -0.39 is 0 Å². The molecule has 8 nitrogen and oxygen atoms in total. The molecule has 2 aromatic carbocycles. The van der Waals surface area contributed by atoms with E-state index in [1.807, 2.05) is 24.0 Å². The third-order valence-electron chi connectivity index (χ3n) is 5.80. The first-order chi connectivity index (χ1) is 16.5. The molecule has 1 saturated heterocycles. The molecular weight excluding hydrogens is 436 g/mol.